The molecule has 21 heavy (non-hydrogen) atoms. The van der Waals surface area contributed by atoms with Crippen LogP contribution in [0, 0.1) is 0 Å². The first-order valence-electron chi connectivity index (χ1n) is 6.01. The Bertz CT molecular complexity index is 657. The minimum atomic E-state index is -0.218. The minimum absolute atomic E-state index is 0. The molecule has 1 aromatic carbocycles. The Morgan fingerprint density at radius 1 is 1.38 bits per heavy atom. The van der Waals surface area contributed by atoms with Crippen LogP contribution >= 0.6 is 58.5 Å². The molecule has 1 heterocycles. The van der Waals surface area contributed by atoms with Crippen LogP contribution in [0.25, 0.3) is 10.1 Å². The molecule has 2 rings (SSSR count). The molecule has 3 nitrogen and oxygen atoms in total. The lowest BCUT2D eigenvalue weighted by atomic mass is 10.2. The van der Waals surface area contributed by atoms with Gasteiger partial charge in [-0.1, -0.05) is 34.8 Å². The van der Waals surface area contributed by atoms with E-state index in [4.69, 9.17) is 40.5 Å². The van der Waals surface area contributed by atoms with Crippen molar-refractivity contribution in [2.75, 3.05) is 6.54 Å². The first-order valence-corrected chi connectivity index (χ1v) is 7.96. The summed E-state index contributed by atoms with van der Waals surface area (Å²) in [5, 5.41) is 4.80. The highest BCUT2D eigenvalue weighted by atomic mass is 35.5. The number of carbonyl (C=O) groups excluding carboxylic acids is 1. The van der Waals surface area contributed by atoms with Gasteiger partial charge in [-0.2, -0.15) is 0 Å². The summed E-state index contributed by atoms with van der Waals surface area (Å²) in [5.41, 5.74) is 5.64. The largest absolute Gasteiger partial charge is 0.351 e. The SMILES string of the molecule is CC(N)CCNC(=O)c1sc2cc(Cl)cc(Cl)c2c1Cl.Cl. The second kappa shape index (κ2) is 7.86. The maximum absolute atomic E-state index is 12.1. The molecule has 1 amide bonds. The van der Waals surface area contributed by atoms with Crippen LogP contribution in [0.5, 0.6) is 0 Å². The Morgan fingerprint density at radius 2 is 2.05 bits per heavy atom. The summed E-state index contributed by atoms with van der Waals surface area (Å²) in [6.45, 7) is 2.40. The summed E-state index contributed by atoms with van der Waals surface area (Å²) in [6.07, 6.45) is 0.709. The predicted octanol–water partition coefficient (Wildman–Crippen LogP) is 4.75. The summed E-state index contributed by atoms with van der Waals surface area (Å²) < 4.78 is 0.796. The van der Waals surface area contributed by atoms with Gasteiger partial charge in [0.2, 0.25) is 0 Å². The van der Waals surface area contributed by atoms with Crippen molar-refractivity contribution < 1.29 is 4.79 Å². The number of thiophene rings is 1. The van der Waals surface area contributed by atoms with E-state index in [9.17, 15) is 4.79 Å². The Balaban J connectivity index is 0.00000220. The molecule has 0 aliphatic carbocycles. The van der Waals surface area contributed by atoms with Gasteiger partial charge in [0.05, 0.1) is 10.0 Å². The third-order valence-electron chi connectivity index (χ3n) is 2.74. The molecule has 0 bridgehead atoms. The third-order valence-corrected chi connectivity index (χ3v) is 4.88. The molecule has 8 heteroatoms. The minimum Gasteiger partial charge on any atom is -0.351 e. The fourth-order valence-electron chi connectivity index (χ4n) is 1.75. The van der Waals surface area contributed by atoms with E-state index in [0.717, 1.165) is 4.70 Å². The normalized spacial score (nSPS) is 12.0. The quantitative estimate of drug-likeness (QED) is 0.795. The summed E-state index contributed by atoms with van der Waals surface area (Å²) in [6, 6.07) is 3.40. The lowest BCUT2D eigenvalue weighted by molar-refractivity contribution is 0.0957. The molecule has 1 unspecified atom stereocenters. The molecule has 116 valence electrons. The molecular weight excluding hydrogens is 374 g/mol. The highest BCUT2D eigenvalue weighted by molar-refractivity contribution is 7.21. The van der Waals surface area contributed by atoms with E-state index in [1.165, 1.54) is 11.3 Å². The summed E-state index contributed by atoms with van der Waals surface area (Å²) >= 11 is 19.6. The number of nitrogens with two attached hydrogens (primary N) is 1. The molecule has 3 N–H and O–H groups in total. The zero-order chi connectivity index (χ0) is 14.9. The number of hydrogen-bond donors (Lipinski definition) is 2. The third kappa shape index (κ3) is 4.38. The maximum atomic E-state index is 12.1. The van der Waals surface area contributed by atoms with Crippen LogP contribution in [-0.4, -0.2) is 18.5 Å². The van der Waals surface area contributed by atoms with Gasteiger partial charge in [0.1, 0.15) is 4.88 Å². The standard InChI is InChI=1S/C13H13Cl3N2OS.ClH/c1-6(17)2-3-18-13(19)12-11(16)10-8(15)4-7(14)5-9(10)20-12;/h4-6H,2-3,17H2,1H3,(H,18,19);1H. The number of benzene rings is 1. The second-order valence-corrected chi connectivity index (χ2v) is 6.80. The predicted molar refractivity (Wildman–Crippen MR) is 94.7 cm³/mol. The smallest absolute Gasteiger partial charge is 0.262 e. The highest BCUT2D eigenvalue weighted by Gasteiger charge is 2.19. The van der Waals surface area contributed by atoms with Crippen LogP contribution in [0.1, 0.15) is 23.0 Å². The van der Waals surface area contributed by atoms with Gasteiger partial charge < -0.3 is 11.1 Å². The summed E-state index contributed by atoms with van der Waals surface area (Å²) in [4.78, 5) is 12.6. The number of hydrogen-bond acceptors (Lipinski definition) is 3. The summed E-state index contributed by atoms with van der Waals surface area (Å²) in [5.74, 6) is -0.218. The van der Waals surface area contributed by atoms with Crippen molar-refractivity contribution in [2.45, 2.75) is 19.4 Å². The van der Waals surface area contributed by atoms with Crippen molar-refractivity contribution in [1.29, 1.82) is 0 Å². The second-order valence-electron chi connectivity index (χ2n) is 4.53. The van der Waals surface area contributed by atoms with Crippen molar-refractivity contribution in [3.8, 4) is 0 Å². The van der Waals surface area contributed by atoms with Gasteiger partial charge in [-0.3, -0.25) is 4.79 Å². The van der Waals surface area contributed by atoms with Crippen molar-refractivity contribution in [3.05, 3.63) is 32.1 Å². The molecule has 0 radical (unpaired) electrons. The van der Waals surface area contributed by atoms with E-state index in [-0.39, 0.29) is 24.4 Å². The molecule has 0 saturated heterocycles. The van der Waals surface area contributed by atoms with Crippen molar-refractivity contribution in [3.63, 3.8) is 0 Å². The maximum Gasteiger partial charge on any atom is 0.262 e. The topological polar surface area (TPSA) is 55.1 Å². The van der Waals surface area contributed by atoms with Crippen molar-refractivity contribution in [2.24, 2.45) is 5.73 Å². The van der Waals surface area contributed by atoms with Crippen molar-refractivity contribution in [1.82, 2.24) is 5.32 Å². The Kier molecular flexibility index (Phi) is 7.04. The molecule has 0 aliphatic rings. The lowest BCUT2D eigenvalue weighted by Crippen LogP contribution is -2.28. The number of rotatable bonds is 4. The fourth-order valence-corrected chi connectivity index (χ4v) is 4.05. The Hall–Kier alpha value is -0.230. The van der Waals surface area contributed by atoms with E-state index < -0.39 is 0 Å². The van der Waals surface area contributed by atoms with E-state index in [2.05, 4.69) is 5.32 Å². The van der Waals surface area contributed by atoms with Gasteiger partial charge in [0.15, 0.2) is 0 Å². The van der Waals surface area contributed by atoms with Crippen LogP contribution in [0.2, 0.25) is 15.1 Å². The summed E-state index contributed by atoms with van der Waals surface area (Å²) in [7, 11) is 0. The fraction of sp³-hybridized carbons (Fsp3) is 0.308. The molecule has 0 saturated carbocycles. The van der Waals surface area contributed by atoms with E-state index in [1.54, 1.807) is 12.1 Å². The van der Waals surface area contributed by atoms with Crippen molar-refractivity contribution >= 4 is 74.5 Å². The van der Waals surface area contributed by atoms with Gasteiger partial charge in [0, 0.05) is 27.7 Å². The number of halogens is 4. The van der Waals surface area contributed by atoms with Crippen LogP contribution in [0.4, 0.5) is 0 Å². The van der Waals surface area contributed by atoms with Gasteiger partial charge in [-0.05, 0) is 25.5 Å². The lowest BCUT2D eigenvalue weighted by Gasteiger charge is -2.06. The van der Waals surface area contributed by atoms with E-state index in [1.807, 2.05) is 6.92 Å². The molecular formula is C13H14Cl4N2OS. The Morgan fingerprint density at radius 3 is 2.67 bits per heavy atom. The molecule has 0 aliphatic heterocycles. The number of carbonyl (C=O) groups is 1. The zero-order valence-electron chi connectivity index (χ0n) is 11.1. The van der Waals surface area contributed by atoms with Crippen LogP contribution in [-0.2, 0) is 0 Å². The Labute approximate surface area is 148 Å². The van der Waals surface area contributed by atoms with Gasteiger partial charge in [-0.25, -0.2) is 0 Å². The van der Waals surface area contributed by atoms with Crippen LogP contribution in [0.3, 0.4) is 0 Å². The van der Waals surface area contributed by atoms with Gasteiger partial charge >= 0.3 is 0 Å². The first-order chi connectivity index (χ1) is 9.40. The molecule has 0 fully saturated rings. The number of amides is 1. The van der Waals surface area contributed by atoms with Gasteiger partial charge in [-0.15, -0.1) is 23.7 Å². The molecule has 1 aromatic heterocycles. The zero-order valence-corrected chi connectivity index (χ0v) is 15.0. The van der Waals surface area contributed by atoms with Crippen LogP contribution in [0.15, 0.2) is 12.1 Å². The monoisotopic (exact) mass is 386 g/mol. The number of nitrogens with one attached hydrogen (secondary N) is 1. The van der Waals surface area contributed by atoms with Crippen LogP contribution < -0.4 is 11.1 Å². The van der Waals surface area contributed by atoms with E-state index in [0.29, 0.717) is 38.3 Å². The average Bonchev–Trinajstić information content (AvgIpc) is 2.65. The first kappa shape index (κ1) is 18.8. The molecule has 0 spiro atoms. The van der Waals surface area contributed by atoms with E-state index >= 15 is 0 Å². The molecule has 2 aromatic rings. The average molecular weight is 388 g/mol. The molecule has 1 atom stereocenters. The van der Waals surface area contributed by atoms with Gasteiger partial charge in [0.25, 0.3) is 5.91 Å². The number of fused-ring (bicyclic) bond motifs is 1. The highest BCUT2D eigenvalue weighted by Crippen LogP contribution is 2.41.